The highest BCUT2D eigenvalue weighted by Gasteiger charge is 2.29. The number of carbonyl (C=O) groups excluding carboxylic acids is 1. The Hall–Kier alpha value is -2.15. The first-order valence-corrected chi connectivity index (χ1v) is 7.54. The van der Waals surface area contributed by atoms with Gasteiger partial charge in [0, 0.05) is 18.5 Å². The molecule has 1 aliphatic heterocycles. The summed E-state index contributed by atoms with van der Waals surface area (Å²) in [6, 6.07) is 3.55. The molecule has 1 atom stereocenters. The summed E-state index contributed by atoms with van der Waals surface area (Å²) in [5.74, 6) is -0.913. The molecule has 6 nitrogen and oxygen atoms in total. The fourth-order valence-electron chi connectivity index (χ4n) is 2.41. The van der Waals surface area contributed by atoms with Gasteiger partial charge in [0.25, 0.3) is 5.91 Å². The molecule has 0 radical (unpaired) electrons. The van der Waals surface area contributed by atoms with Crippen LogP contribution in [0.3, 0.4) is 0 Å². The fourth-order valence-corrected chi connectivity index (χ4v) is 3.17. The zero-order chi connectivity index (χ0) is 14.8. The monoisotopic (exact) mass is 306 g/mol. The molecular weight excluding hydrogens is 292 g/mol. The number of aliphatic carboxylic acids is 1. The van der Waals surface area contributed by atoms with Gasteiger partial charge in [0.15, 0.2) is 10.8 Å². The van der Waals surface area contributed by atoms with Gasteiger partial charge in [0.1, 0.15) is 5.69 Å². The summed E-state index contributed by atoms with van der Waals surface area (Å²) in [6.07, 6.45) is 2.88. The maximum absolute atomic E-state index is 12.4. The Bertz CT molecular complexity index is 650. The SMILES string of the molecule is O=C(O)C1CCCN(C(=O)c2csc(-c3ccco3)n2)C1. The molecule has 1 N–H and O–H groups in total. The van der Waals surface area contributed by atoms with E-state index in [1.54, 1.807) is 28.7 Å². The number of aromatic nitrogens is 1. The maximum Gasteiger partial charge on any atom is 0.308 e. The second-order valence-electron chi connectivity index (χ2n) is 4.94. The van der Waals surface area contributed by atoms with E-state index >= 15 is 0 Å². The summed E-state index contributed by atoms with van der Waals surface area (Å²) >= 11 is 1.34. The highest BCUT2D eigenvalue weighted by atomic mass is 32.1. The average molecular weight is 306 g/mol. The number of rotatable bonds is 3. The van der Waals surface area contributed by atoms with E-state index in [1.807, 2.05) is 0 Å². The minimum absolute atomic E-state index is 0.213. The third-order valence-corrected chi connectivity index (χ3v) is 4.37. The van der Waals surface area contributed by atoms with E-state index in [0.29, 0.717) is 35.8 Å². The van der Waals surface area contributed by atoms with Gasteiger partial charge in [-0.3, -0.25) is 9.59 Å². The minimum atomic E-state index is -0.845. The number of carboxylic acids is 1. The predicted molar refractivity (Wildman–Crippen MR) is 76.1 cm³/mol. The second-order valence-corrected chi connectivity index (χ2v) is 5.80. The van der Waals surface area contributed by atoms with E-state index in [2.05, 4.69) is 4.98 Å². The lowest BCUT2D eigenvalue weighted by atomic mass is 9.98. The quantitative estimate of drug-likeness (QED) is 0.941. The van der Waals surface area contributed by atoms with Gasteiger partial charge in [-0.05, 0) is 25.0 Å². The van der Waals surface area contributed by atoms with Crippen molar-refractivity contribution in [2.75, 3.05) is 13.1 Å². The minimum Gasteiger partial charge on any atom is -0.481 e. The summed E-state index contributed by atoms with van der Waals surface area (Å²) in [6.45, 7) is 0.831. The van der Waals surface area contributed by atoms with Gasteiger partial charge in [-0.25, -0.2) is 4.98 Å². The van der Waals surface area contributed by atoms with Crippen LogP contribution in [-0.2, 0) is 4.79 Å². The molecule has 0 spiro atoms. The zero-order valence-electron chi connectivity index (χ0n) is 11.2. The van der Waals surface area contributed by atoms with Crippen molar-refractivity contribution in [2.45, 2.75) is 12.8 Å². The van der Waals surface area contributed by atoms with Crippen molar-refractivity contribution in [3.8, 4) is 10.8 Å². The van der Waals surface area contributed by atoms with Crippen LogP contribution in [0.2, 0.25) is 0 Å². The highest BCUT2D eigenvalue weighted by molar-refractivity contribution is 7.13. The number of carbonyl (C=O) groups is 2. The maximum atomic E-state index is 12.4. The van der Waals surface area contributed by atoms with Crippen LogP contribution in [0, 0.1) is 5.92 Å². The number of carboxylic acid groups (broad SMARTS) is 1. The molecule has 1 amide bonds. The van der Waals surface area contributed by atoms with Gasteiger partial charge in [-0.1, -0.05) is 0 Å². The number of hydrogen-bond acceptors (Lipinski definition) is 5. The molecule has 1 unspecified atom stereocenters. The van der Waals surface area contributed by atoms with Crippen LogP contribution in [0.15, 0.2) is 28.2 Å². The summed E-state index contributed by atoms with van der Waals surface area (Å²) in [7, 11) is 0. The second kappa shape index (κ2) is 5.69. The summed E-state index contributed by atoms with van der Waals surface area (Å²) in [5, 5.41) is 11.4. The number of likely N-dealkylation sites (tertiary alicyclic amines) is 1. The average Bonchev–Trinajstić information content (AvgIpc) is 3.17. The Morgan fingerprint density at radius 3 is 3.05 bits per heavy atom. The van der Waals surface area contributed by atoms with E-state index in [9.17, 15) is 9.59 Å². The number of nitrogens with zero attached hydrogens (tertiary/aromatic N) is 2. The van der Waals surface area contributed by atoms with Crippen molar-refractivity contribution < 1.29 is 19.1 Å². The van der Waals surface area contributed by atoms with Crippen molar-refractivity contribution in [2.24, 2.45) is 5.92 Å². The lowest BCUT2D eigenvalue weighted by Crippen LogP contribution is -2.42. The van der Waals surface area contributed by atoms with E-state index in [1.165, 1.54) is 11.3 Å². The van der Waals surface area contributed by atoms with Crippen molar-refractivity contribution >= 4 is 23.2 Å². The van der Waals surface area contributed by atoms with Crippen LogP contribution < -0.4 is 0 Å². The molecule has 3 rings (SSSR count). The summed E-state index contributed by atoms with van der Waals surface area (Å²) < 4.78 is 5.25. The summed E-state index contributed by atoms with van der Waals surface area (Å²) in [4.78, 5) is 29.3. The van der Waals surface area contributed by atoms with Crippen molar-refractivity contribution in [1.29, 1.82) is 0 Å². The number of piperidine rings is 1. The van der Waals surface area contributed by atoms with Crippen LogP contribution >= 0.6 is 11.3 Å². The molecule has 21 heavy (non-hydrogen) atoms. The van der Waals surface area contributed by atoms with Crippen molar-refractivity contribution in [3.05, 3.63) is 29.5 Å². The normalized spacial score (nSPS) is 18.7. The molecule has 0 aromatic carbocycles. The van der Waals surface area contributed by atoms with Crippen LogP contribution in [0.5, 0.6) is 0 Å². The Labute approximate surface area is 125 Å². The van der Waals surface area contributed by atoms with E-state index in [0.717, 1.165) is 0 Å². The molecule has 1 saturated heterocycles. The first kappa shape index (κ1) is 13.8. The van der Waals surface area contributed by atoms with Gasteiger partial charge in [-0.15, -0.1) is 11.3 Å². The van der Waals surface area contributed by atoms with Gasteiger partial charge in [-0.2, -0.15) is 0 Å². The molecule has 110 valence electrons. The molecule has 0 bridgehead atoms. The third kappa shape index (κ3) is 2.82. The molecule has 7 heteroatoms. The molecule has 2 aromatic rings. The Balaban J connectivity index is 1.74. The van der Waals surface area contributed by atoms with Crippen LogP contribution in [0.1, 0.15) is 23.3 Å². The number of amides is 1. The topological polar surface area (TPSA) is 83.6 Å². The zero-order valence-corrected chi connectivity index (χ0v) is 12.0. The molecule has 1 aliphatic rings. The lowest BCUT2D eigenvalue weighted by molar-refractivity contribution is -0.143. The fraction of sp³-hybridized carbons (Fsp3) is 0.357. The first-order chi connectivity index (χ1) is 10.1. The molecule has 0 saturated carbocycles. The molecule has 0 aliphatic carbocycles. The Kier molecular flexibility index (Phi) is 3.74. The van der Waals surface area contributed by atoms with Gasteiger partial charge >= 0.3 is 5.97 Å². The van der Waals surface area contributed by atoms with Gasteiger partial charge < -0.3 is 14.4 Å². The predicted octanol–water partition coefficient (Wildman–Crippen LogP) is 2.34. The molecular formula is C14H14N2O4S. The molecule has 3 heterocycles. The Morgan fingerprint density at radius 1 is 1.48 bits per heavy atom. The van der Waals surface area contributed by atoms with Gasteiger partial charge in [0.2, 0.25) is 0 Å². The molecule has 1 fully saturated rings. The smallest absolute Gasteiger partial charge is 0.308 e. The summed E-state index contributed by atoms with van der Waals surface area (Å²) in [5.41, 5.74) is 0.345. The van der Waals surface area contributed by atoms with E-state index in [-0.39, 0.29) is 12.5 Å². The Morgan fingerprint density at radius 2 is 2.33 bits per heavy atom. The lowest BCUT2D eigenvalue weighted by Gasteiger charge is -2.30. The first-order valence-electron chi connectivity index (χ1n) is 6.66. The number of furan rings is 1. The largest absolute Gasteiger partial charge is 0.481 e. The van der Waals surface area contributed by atoms with E-state index in [4.69, 9.17) is 9.52 Å². The molecule has 2 aromatic heterocycles. The number of thiazole rings is 1. The highest BCUT2D eigenvalue weighted by Crippen LogP contribution is 2.25. The van der Waals surface area contributed by atoms with Crippen molar-refractivity contribution in [3.63, 3.8) is 0 Å². The third-order valence-electron chi connectivity index (χ3n) is 3.51. The van der Waals surface area contributed by atoms with Crippen LogP contribution in [0.25, 0.3) is 10.8 Å². The van der Waals surface area contributed by atoms with Crippen LogP contribution in [0.4, 0.5) is 0 Å². The van der Waals surface area contributed by atoms with Crippen molar-refractivity contribution in [1.82, 2.24) is 9.88 Å². The van der Waals surface area contributed by atoms with Gasteiger partial charge in [0.05, 0.1) is 12.2 Å². The van der Waals surface area contributed by atoms with E-state index < -0.39 is 11.9 Å². The number of hydrogen-bond donors (Lipinski definition) is 1. The van der Waals surface area contributed by atoms with Crippen LogP contribution in [-0.4, -0.2) is 40.0 Å². The standard InChI is InChI=1S/C14H14N2O4S/c17-13(16-5-1-3-9(7-16)14(18)19)10-8-21-12(15-10)11-4-2-6-20-11/h2,4,6,8-9H,1,3,5,7H2,(H,18,19).